The van der Waals surface area contributed by atoms with E-state index in [0.717, 1.165) is 22.0 Å². The number of nitrogens with zero attached hydrogens (tertiary/aromatic N) is 2. The molecule has 0 saturated carbocycles. The molecular formula is C33H39N3O6. The zero-order valence-corrected chi connectivity index (χ0v) is 25.1. The molecule has 0 unspecified atom stereocenters. The van der Waals surface area contributed by atoms with Gasteiger partial charge in [0.2, 0.25) is 11.8 Å². The molecule has 9 heteroatoms. The first-order valence-corrected chi connectivity index (χ1v) is 14.3. The van der Waals surface area contributed by atoms with E-state index >= 15 is 0 Å². The molecule has 1 saturated heterocycles. The molecular weight excluding hydrogens is 534 g/mol. The van der Waals surface area contributed by atoms with Gasteiger partial charge >= 0.3 is 6.09 Å². The number of carbonyl (C=O) groups is 3. The van der Waals surface area contributed by atoms with Gasteiger partial charge in [-0.15, -0.1) is 0 Å². The Morgan fingerprint density at radius 2 is 1.76 bits per heavy atom. The summed E-state index contributed by atoms with van der Waals surface area (Å²) < 4.78 is 18.3. The molecule has 3 heterocycles. The topological polar surface area (TPSA) is 107 Å². The summed E-state index contributed by atoms with van der Waals surface area (Å²) in [6.07, 6.45) is -0.869. The van der Waals surface area contributed by atoms with Crippen LogP contribution in [0.5, 0.6) is 11.6 Å². The second-order valence-corrected chi connectivity index (χ2v) is 13.1. The average molecular weight is 574 g/mol. The Kier molecular flexibility index (Phi) is 7.88. The first-order chi connectivity index (χ1) is 19.8. The summed E-state index contributed by atoms with van der Waals surface area (Å²) in [5, 5.41) is 3.73. The summed E-state index contributed by atoms with van der Waals surface area (Å²) in [6, 6.07) is 15.9. The van der Waals surface area contributed by atoms with Gasteiger partial charge in [0.15, 0.2) is 5.78 Å². The summed E-state index contributed by atoms with van der Waals surface area (Å²) in [4.78, 5) is 46.1. The Balaban J connectivity index is 1.60. The van der Waals surface area contributed by atoms with Crippen molar-refractivity contribution in [2.75, 3.05) is 19.8 Å². The molecule has 0 radical (unpaired) electrons. The minimum Gasteiger partial charge on any atom is -0.493 e. The predicted molar refractivity (Wildman–Crippen MR) is 159 cm³/mol. The van der Waals surface area contributed by atoms with Gasteiger partial charge in [-0.05, 0) is 42.2 Å². The fourth-order valence-electron chi connectivity index (χ4n) is 5.37. The van der Waals surface area contributed by atoms with Gasteiger partial charge in [-0.2, -0.15) is 0 Å². The second-order valence-electron chi connectivity index (χ2n) is 13.1. The minimum absolute atomic E-state index is 0.0814. The minimum atomic E-state index is -0.919. The maximum Gasteiger partial charge on any atom is 0.407 e. The number of nitrogens with one attached hydrogen (secondary N) is 1. The van der Waals surface area contributed by atoms with Crippen molar-refractivity contribution in [2.24, 2.45) is 10.8 Å². The van der Waals surface area contributed by atoms with Crippen LogP contribution in [0.1, 0.15) is 48.0 Å². The Morgan fingerprint density at radius 1 is 1.02 bits per heavy atom. The number of hydrogen-bond acceptors (Lipinski definition) is 7. The predicted octanol–water partition coefficient (Wildman–Crippen LogP) is 5.40. The third-order valence-corrected chi connectivity index (χ3v) is 7.73. The first kappa shape index (κ1) is 29.4. The fourth-order valence-corrected chi connectivity index (χ4v) is 5.37. The van der Waals surface area contributed by atoms with Crippen LogP contribution >= 0.6 is 0 Å². The van der Waals surface area contributed by atoms with Crippen molar-refractivity contribution < 1.29 is 28.6 Å². The van der Waals surface area contributed by atoms with Crippen molar-refractivity contribution >= 4 is 28.7 Å². The lowest BCUT2D eigenvalue weighted by Crippen LogP contribution is -2.57. The molecule has 0 aliphatic carbocycles. The molecule has 1 N–H and O–H groups in total. The number of ketones is 1. The third-order valence-electron chi connectivity index (χ3n) is 7.73. The summed E-state index contributed by atoms with van der Waals surface area (Å²) >= 11 is 0. The van der Waals surface area contributed by atoms with Gasteiger partial charge in [-0.3, -0.25) is 9.59 Å². The highest BCUT2D eigenvalue weighted by Crippen LogP contribution is 2.36. The van der Waals surface area contributed by atoms with Crippen LogP contribution in [0, 0.1) is 10.8 Å². The van der Waals surface area contributed by atoms with Gasteiger partial charge in [0.05, 0.1) is 24.7 Å². The Labute approximate surface area is 246 Å². The van der Waals surface area contributed by atoms with Gasteiger partial charge in [0.25, 0.3) is 0 Å². The molecule has 0 spiro atoms. The van der Waals surface area contributed by atoms with E-state index in [-0.39, 0.29) is 24.8 Å². The summed E-state index contributed by atoms with van der Waals surface area (Å²) in [7, 11) is 0. The molecule has 222 valence electrons. The number of cyclic esters (lactones) is 1. The number of fused-ring (bicyclic) bond motifs is 7. The number of Topliss-reactive ketones (excluding diaryl/α,β-unsaturated/α-hetero) is 1. The van der Waals surface area contributed by atoms with Crippen LogP contribution in [0.15, 0.2) is 54.6 Å². The monoisotopic (exact) mass is 573 g/mol. The lowest BCUT2D eigenvalue weighted by Gasteiger charge is -2.35. The van der Waals surface area contributed by atoms with Crippen LogP contribution < -0.4 is 14.8 Å². The number of alkyl carbamates (subject to hydrolysis) is 1. The molecule has 2 aliphatic rings. The largest absolute Gasteiger partial charge is 0.493 e. The third kappa shape index (κ3) is 6.35. The van der Waals surface area contributed by atoms with Gasteiger partial charge in [0.1, 0.15) is 24.5 Å². The van der Waals surface area contributed by atoms with Gasteiger partial charge in [-0.25, -0.2) is 9.78 Å². The zero-order chi connectivity index (χ0) is 30.2. The highest BCUT2D eigenvalue weighted by Gasteiger charge is 2.45. The van der Waals surface area contributed by atoms with E-state index in [1.54, 1.807) is 0 Å². The summed E-state index contributed by atoms with van der Waals surface area (Å²) in [5.74, 6) is 0.582. The molecule has 2 aromatic carbocycles. The van der Waals surface area contributed by atoms with Crippen molar-refractivity contribution in [3.05, 3.63) is 54.6 Å². The number of hydrogen-bond donors (Lipinski definition) is 1. The summed E-state index contributed by atoms with van der Waals surface area (Å²) in [6.45, 7) is 11.5. The van der Waals surface area contributed by atoms with Crippen LogP contribution in [-0.4, -0.2) is 65.6 Å². The lowest BCUT2D eigenvalue weighted by molar-refractivity contribution is -0.140. The van der Waals surface area contributed by atoms with Gasteiger partial charge in [-0.1, -0.05) is 65.0 Å². The normalized spacial score (nSPS) is 23.0. The lowest BCUT2D eigenvalue weighted by atomic mass is 9.85. The van der Waals surface area contributed by atoms with Crippen molar-refractivity contribution in [3.8, 4) is 22.8 Å². The molecule has 42 heavy (non-hydrogen) atoms. The number of benzene rings is 2. The number of rotatable bonds is 1. The quantitative estimate of drug-likeness (QED) is 0.416. The summed E-state index contributed by atoms with van der Waals surface area (Å²) in [5.41, 5.74) is 1.26. The maximum absolute atomic E-state index is 14.0. The first-order valence-electron chi connectivity index (χ1n) is 14.3. The van der Waals surface area contributed by atoms with E-state index in [9.17, 15) is 14.4 Å². The van der Waals surface area contributed by atoms with Crippen LogP contribution in [0.3, 0.4) is 0 Å². The number of pyridine rings is 1. The fraction of sp³-hybridized carbons (Fsp3) is 0.455. The standard InChI is InChI=1S/C33H39N3O6/c1-20(37)27-16-24-17-36(27)30(38)28(32(2,3)4)35-31(39)41-19-33(5,6)18-40-23-12-9-11-21(14-23)25-15-22-10-7-8-13-26(22)34-29(25)42-24/h7-15,24,27-28H,16-19H2,1-6H3,(H,35,39)/t24-,27+,28-/m1/s1. The molecule has 2 aliphatic heterocycles. The molecule has 3 aromatic rings. The van der Waals surface area contributed by atoms with E-state index in [1.807, 2.05) is 89.2 Å². The van der Waals surface area contributed by atoms with Gasteiger partial charge < -0.3 is 24.4 Å². The molecule has 2 amide bonds. The second kappa shape index (κ2) is 11.3. The number of para-hydroxylation sites is 1. The molecule has 3 atom stereocenters. The van der Waals surface area contributed by atoms with Crippen molar-refractivity contribution in [1.29, 1.82) is 0 Å². The number of amides is 2. The van der Waals surface area contributed by atoms with Crippen molar-refractivity contribution in [2.45, 2.75) is 66.2 Å². The van der Waals surface area contributed by atoms with E-state index in [2.05, 4.69) is 5.32 Å². The van der Waals surface area contributed by atoms with Crippen molar-refractivity contribution in [3.63, 3.8) is 0 Å². The smallest absolute Gasteiger partial charge is 0.407 e. The molecule has 5 rings (SSSR count). The van der Waals surface area contributed by atoms with E-state index < -0.39 is 35.1 Å². The van der Waals surface area contributed by atoms with E-state index in [1.165, 1.54) is 11.8 Å². The highest BCUT2D eigenvalue weighted by molar-refractivity contribution is 5.92. The maximum atomic E-state index is 14.0. The zero-order valence-electron chi connectivity index (χ0n) is 25.1. The number of aromatic nitrogens is 1. The Morgan fingerprint density at radius 3 is 2.50 bits per heavy atom. The molecule has 4 bridgehead atoms. The van der Waals surface area contributed by atoms with E-state index in [0.29, 0.717) is 24.7 Å². The van der Waals surface area contributed by atoms with Crippen LogP contribution in [0.2, 0.25) is 0 Å². The SMILES string of the molecule is CC(=O)[C@@H]1C[C@@H]2CN1C(=O)[C@H](C(C)(C)C)NC(=O)OCC(C)(C)COc1cccc(c1)-c1cc3ccccc3nc1O2. The van der Waals surface area contributed by atoms with Crippen molar-refractivity contribution in [1.82, 2.24) is 15.2 Å². The molecule has 1 fully saturated rings. The van der Waals surface area contributed by atoms with Crippen LogP contribution in [0.25, 0.3) is 22.0 Å². The highest BCUT2D eigenvalue weighted by atomic mass is 16.6. The van der Waals surface area contributed by atoms with Crippen LogP contribution in [-0.2, 0) is 14.3 Å². The number of ether oxygens (including phenoxy) is 3. The molecule has 1 aromatic heterocycles. The Bertz CT molecular complexity index is 1510. The van der Waals surface area contributed by atoms with Crippen LogP contribution in [0.4, 0.5) is 4.79 Å². The molecule has 9 nitrogen and oxygen atoms in total. The van der Waals surface area contributed by atoms with Gasteiger partial charge in [0, 0.05) is 22.8 Å². The number of carbonyl (C=O) groups excluding carboxylic acids is 3. The Hall–Kier alpha value is -4.14. The average Bonchev–Trinajstić information content (AvgIpc) is 3.36. The van der Waals surface area contributed by atoms with E-state index in [4.69, 9.17) is 19.2 Å².